The van der Waals surface area contributed by atoms with Crippen molar-refractivity contribution in [3.05, 3.63) is 46.4 Å². The third kappa shape index (κ3) is 5.47. The maximum absolute atomic E-state index is 13.8. The topological polar surface area (TPSA) is 97.2 Å². The van der Waals surface area contributed by atoms with E-state index in [1.807, 2.05) is 0 Å². The average molecular weight is 490 g/mol. The summed E-state index contributed by atoms with van der Waals surface area (Å²) in [5.74, 6) is 0.182. The van der Waals surface area contributed by atoms with Crippen LogP contribution in [0.1, 0.15) is 50.0 Å². The molecule has 33 heavy (non-hydrogen) atoms. The Morgan fingerprint density at radius 1 is 1.30 bits per heavy atom. The van der Waals surface area contributed by atoms with E-state index in [0.717, 1.165) is 40.5 Å². The van der Waals surface area contributed by atoms with E-state index in [-0.39, 0.29) is 41.1 Å². The van der Waals surface area contributed by atoms with Gasteiger partial charge in [-0.1, -0.05) is 43.8 Å². The fourth-order valence-corrected chi connectivity index (χ4v) is 5.07. The van der Waals surface area contributed by atoms with Gasteiger partial charge in [0.2, 0.25) is 5.91 Å². The minimum atomic E-state index is -0.490. The summed E-state index contributed by atoms with van der Waals surface area (Å²) in [6.07, 6.45) is 3.57. The molecule has 2 fully saturated rings. The molecule has 1 aliphatic heterocycles. The smallest absolute Gasteiger partial charge is 0.293 e. The number of amides is 3. The normalized spacial score (nSPS) is 17.5. The van der Waals surface area contributed by atoms with E-state index < -0.39 is 17.0 Å². The molecule has 1 aromatic carbocycles. The maximum atomic E-state index is 13.8. The predicted octanol–water partition coefficient (Wildman–Crippen LogP) is 3.82. The van der Waals surface area contributed by atoms with Crippen molar-refractivity contribution in [2.75, 3.05) is 18.8 Å². The van der Waals surface area contributed by atoms with E-state index >= 15 is 0 Å². The summed E-state index contributed by atoms with van der Waals surface area (Å²) >= 11 is 2.09. The van der Waals surface area contributed by atoms with E-state index in [1.165, 1.54) is 30.0 Å². The third-order valence-electron chi connectivity index (χ3n) is 5.17. The molecule has 1 aliphatic carbocycles. The minimum Gasteiger partial charge on any atom is -0.354 e. The monoisotopic (exact) mass is 489 g/mol. The first-order valence-corrected chi connectivity index (χ1v) is 12.5. The second-order valence-electron chi connectivity index (χ2n) is 8.09. The van der Waals surface area contributed by atoms with Crippen molar-refractivity contribution in [2.45, 2.75) is 43.8 Å². The first-order chi connectivity index (χ1) is 15.8. The summed E-state index contributed by atoms with van der Waals surface area (Å²) in [5.41, 5.74) is 0.244. The van der Waals surface area contributed by atoms with Crippen LogP contribution in [0.4, 0.5) is 9.18 Å². The zero-order valence-corrected chi connectivity index (χ0v) is 19.9. The molecule has 11 heteroatoms. The number of benzene rings is 1. The van der Waals surface area contributed by atoms with Gasteiger partial charge in [-0.05, 0) is 36.7 Å². The van der Waals surface area contributed by atoms with Gasteiger partial charge in [0.05, 0.1) is 10.7 Å². The number of nitrogens with zero attached hydrogens (tertiary/aromatic N) is 4. The van der Waals surface area contributed by atoms with Crippen LogP contribution in [0.15, 0.2) is 34.3 Å². The van der Waals surface area contributed by atoms with Crippen LogP contribution in [0, 0.1) is 5.82 Å². The van der Waals surface area contributed by atoms with Crippen molar-refractivity contribution < 1.29 is 18.8 Å². The number of halogens is 1. The van der Waals surface area contributed by atoms with Gasteiger partial charge in [0.1, 0.15) is 11.6 Å². The standard InChI is InChI=1S/C22H24FN5O3S2/c1-13(2)19-25-26-21(28(19)15-7-8-15)32-12-18(29)24-9-10-27-20(30)17(33-22(27)31)11-14-5-3-4-6-16(14)23/h3-6,11,13,15H,7-10,12H2,1-2H3,(H,24,29)/b17-11-. The number of carbonyl (C=O) groups excluding carboxylic acids is 3. The molecule has 1 aromatic heterocycles. The highest BCUT2D eigenvalue weighted by atomic mass is 32.2. The molecule has 0 radical (unpaired) electrons. The van der Waals surface area contributed by atoms with Crippen LogP contribution in [0.25, 0.3) is 6.08 Å². The zero-order chi connectivity index (χ0) is 23.5. The lowest BCUT2D eigenvalue weighted by Gasteiger charge is -2.13. The fraction of sp³-hybridized carbons (Fsp3) is 0.409. The molecule has 0 atom stereocenters. The van der Waals surface area contributed by atoms with Gasteiger partial charge >= 0.3 is 0 Å². The van der Waals surface area contributed by atoms with Crippen molar-refractivity contribution in [3.63, 3.8) is 0 Å². The molecule has 0 unspecified atom stereocenters. The minimum absolute atomic E-state index is 0.0471. The molecule has 1 saturated heterocycles. The van der Waals surface area contributed by atoms with Gasteiger partial charge in [0.15, 0.2) is 5.16 Å². The molecule has 8 nitrogen and oxygen atoms in total. The molecule has 1 saturated carbocycles. The van der Waals surface area contributed by atoms with Crippen molar-refractivity contribution in [1.82, 2.24) is 25.0 Å². The highest BCUT2D eigenvalue weighted by Gasteiger charge is 2.35. The van der Waals surface area contributed by atoms with Crippen molar-refractivity contribution >= 4 is 46.7 Å². The van der Waals surface area contributed by atoms with E-state index in [4.69, 9.17) is 0 Å². The molecule has 2 aliphatic rings. The molecule has 0 spiro atoms. The van der Waals surface area contributed by atoms with Crippen LogP contribution in [0.5, 0.6) is 0 Å². The number of hydrogen-bond donors (Lipinski definition) is 1. The van der Waals surface area contributed by atoms with Crippen molar-refractivity contribution in [2.24, 2.45) is 0 Å². The lowest BCUT2D eigenvalue weighted by Crippen LogP contribution is -2.37. The summed E-state index contributed by atoms with van der Waals surface area (Å²) in [7, 11) is 0. The number of rotatable bonds is 9. The maximum Gasteiger partial charge on any atom is 0.293 e. The summed E-state index contributed by atoms with van der Waals surface area (Å²) in [5, 5.41) is 11.6. The Balaban J connectivity index is 1.27. The molecule has 1 N–H and O–H groups in total. The van der Waals surface area contributed by atoms with Crippen LogP contribution in [-0.2, 0) is 9.59 Å². The second kappa shape index (κ2) is 10.1. The summed E-state index contributed by atoms with van der Waals surface area (Å²) in [6, 6.07) is 6.46. The zero-order valence-electron chi connectivity index (χ0n) is 18.3. The van der Waals surface area contributed by atoms with Crippen LogP contribution in [0.3, 0.4) is 0 Å². The molecule has 174 valence electrons. The number of hydrogen-bond acceptors (Lipinski definition) is 7. The lowest BCUT2D eigenvalue weighted by atomic mass is 10.2. The van der Waals surface area contributed by atoms with Gasteiger partial charge < -0.3 is 9.88 Å². The number of carbonyl (C=O) groups is 3. The van der Waals surface area contributed by atoms with Crippen LogP contribution >= 0.6 is 23.5 Å². The average Bonchev–Trinajstić information content (AvgIpc) is 3.47. The molecule has 4 rings (SSSR count). The van der Waals surface area contributed by atoms with Gasteiger partial charge in [-0.3, -0.25) is 19.3 Å². The Hall–Kier alpha value is -2.66. The lowest BCUT2D eigenvalue weighted by molar-refractivity contribution is -0.123. The molecular weight excluding hydrogens is 465 g/mol. The predicted molar refractivity (Wildman–Crippen MR) is 125 cm³/mol. The van der Waals surface area contributed by atoms with E-state index in [9.17, 15) is 18.8 Å². The first kappa shape index (κ1) is 23.5. The quantitative estimate of drug-likeness (QED) is 0.422. The summed E-state index contributed by atoms with van der Waals surface area (Å²) in [6.45, 7) is 4.32. The Labute approximate surface area is 199 Å². The van der Waals surface area contributed by atoms with E-state index in [1.54, 1.807) is 12.1 Å². The fourth-order valence-electron chi connectivity index (χ4n) is 3.37. The van der Waals surface area contributed by atoms with Crippen molar-refractivity contribution in [3.8, 4) is 0 Å². The number of thioether (sulfide) groups is 2. The molecule has 2 aromatic rings. The summed E-state index contributed by atoms with van der Waals surface area (Å²) < 4.78 is 16.0. The highest BCUT2D eigenvalue weighted by molar-refractivity contribution is 8.18. The number of imide groups is 1. The van der Waals surface area contributed by atoms with Gasteiger partial charge in [0, 0.05) is 30.6 Å². The molecule has 3 amide bonds. The van der Waals surface area contributed by atoms with Gasteiger partial charge in [-0.2, -0.15) is 0 Å². The van der Waals surface area contributed by atoms with E-state index in [0.29, 0.717) is 6.04 Å². The Kier molecular flexibility index (Phi) is 7.18. The molecule has 2 heterocycles. The molecular formula is C22H24FN5O3S2. The number of nitrogens with one attached hydrogen (secondary N) is 1. The Morgan fingerprint density at radius 2 is 2.06 bits per heavy atom. The number of aromatic nitrogens is 3. The Morgan fingerprint density at radius 3 is 2.76 bits per heavy atom. The summed E-state index contributed by atoms with van der Waals surface area (Å²) in [4.78, 5) is 38.3. The van der Waals surface area contributed by atoms with Gasteiger partial charge in [-0.15, -0.1) is 10.2 Å². The SMILES string of the molecule is CC(C)c1nnc(SCC(=O)NCCN2C(=O)S/C(=C\c3ccccc3F)C2=O)n1C1CC1. The Bertz CT molecular complexity index is 1110. The van der Waals surface area contributed by atoms with Crippen molar-refractivity contribution in [1.29, 1.82) is 0 Å². The third-order valence-corrected chi connectivity index (χ3v) is 7.03. The highest BCUT2D eigenvalue weighted by Crippen LogP contribution is 2.40. The van der Waals surface area contributed by atoms with Crippen LogP contribution in [-0.4, -0.2) is 55.6 Å². The first-order valence-electron chi connectivity index (χ1n) is 10.7. The van der Waals surface area contributed by atoms with Crippen LogP contribution in [0.2, 0.25) is 0 Å². The van der Waals surface area contributed by atoms with Crippen LogP contribution < -0.4 is 5.32 Å². The van der Waals surface area contributed by atoms with E-state index in [2.05, 4.69) is 33.9 Å². The largest absolute Gasteiger partial charge is 0.354 e. The van der Waals surface area contributed by atoms with Gasteiger partial charge in [0.25, 0.3) is 11.1 Å². The second-order valence-corrected chi connectivity index (χ2v) is 10.0. The van der Waals surface area contributed by atoms with Gasteiger partial charge in [-0.25, -0.2) is 4.39 Å². The molecule has 0 bridgehead atoms.